The van der Waals surface area contributed by atoms with E-state index in [1.165, 1.54) is 42.5 Å². The van der Waals surface area contributed by atoms with Crippen LogP contribution in [-0.2, 0) is 20.9 Å². The van der Waals surface area contributed by atoms with E-state index in [0.717, 1.165) is 56.9 Å². The third-order valence-electron chi connectivity index (χ3n) is 8.43. The van der Waals surface area contributed by atoms with Gasteiger partial charge in [0.2, 0.25) is 6.08 Å². The molecule has 250 valence electrons. The van der Waals surface area contributed by atoms with Crippen LogP contribution in [0.15, 0.2) is 71.7 Å². The Morgan fingerprint density at radius 3 is 2.19 bits per heavy atom. The summed E-state index contributed by atoms with van der Waals surface area (Å²) in [5, 5.41) is 12.4. The molecule has 2 atom stereocenters. The summed E-state index contributed by atoms with van der Waals surface area (Å²) < 4.78 is 37.7. The first-order valence-corrected chi connectivity index (χ1v) is 15.9. The number of hydrogen-bond donors (Lipinski definition) is 2. The van der Waals surface area contributed by atoms with Gasteiger partial charge < -0.3 is 24.8 Å². The number of nitrogens with one attached hydrogen (secondary N) is 1. The molecule has 0 aromatic heterocycles. The number of urea groups is 1. The number of anilines is 1. The third-order valence-corrected chi connectivity index (χ3v) is 8.43. The molecule has 11 heteroatoms. The topological polar surface area (TPSA) is 118 Å². The number of rotatable bonds is 11. The SMILES string of the molecule is Cc1cccc(COC2CCCC(OCCN(C(=O)Nc3ccc(F)cc3)C3CCCC3)C2)c1C(=O)O.O=C=Nc1ccc(F)cc1. The Labute approximate surface area is 273 Å². The smallest absolute Gasteiger partial charge is 0.336 e. The number of carbonyl (C=O) groups excluding carboxylic acids is 2. The number of benzene rings is 3. The van der Waals surface area contributed by atoms with Crippen LogP contribution in [0.2, 0.25) is 0 Å². The first kappa shape index (κ1) is 35.4. The van der Waals surface area contributed by atoms with Crippen LogP contribution < -0.4 is 5.32 Å². The van der Waals surface area contributed by atoms with Gasteiger partial charge in [-0.1, -0.05) is 31.0 Å². The van der Waals surface area contributed by atoms with Gasteiger partial charge in [-0.15, -0.1) is 0 Å². The van der Waals surface area contributed by atoms with E-state index < -0.39 is 5.97 Å². The molecule has 47 heavy (non-hydrogen) atoms. The Morgan fingerprint density at radius 2 is 1.55 bits per heavy atom. The second kappa shape index (κ2) is 18.0. The van der Waals surface area contributed by atoms with Gasteiger partial charge in [0.1, 0.15) is 11.6 Å². The van der Waals surface area contributed by atoms with Crippen molar-refractivity contribution in [2.45, 2.75) is 83.1 Å². The summed E-state index contributed by atoms with van der Waals surface area (Å²) in [5.74, 6) is -1.61. The maximum Gasteiger partial charge on any atom is 0.336 e. The van der Waals surface area contributed by atoms with E-state index in [-0.39, 0.29) is 42.5 Å². The molecule has 2 aliphatic carbocycles. The van der Waals surface area contributed by atoms with E-state index in [1.54, 1.807) is 25.1 Å². The van der Waals surface area contributed by atoms with E-state index in [2.05, 4.69) is 10.3 Å². The van der Waals surface area contributed by atoms with Gasteiger partial charge >= 0.3 is 12.0 Å². The maximum atomic E-state index is 13.2. The summed E-state index contributed by atoms with van der Waals surface area (Å²) >= 11 is 0. The molecular formula is C36H41F2N3O6. The summed E-state index contributed by atoms with van der Waals surface area (Å²) in [4.78, 5) is 39.5. The van der Waals surface area contributed by atoms with Crippen molar-refractivity contribution in [3.05, 3.63) is 95.1 Å². The van der Waals surface area contributed by atoms with Crippen LogP contribution in [0.25, 0.3) is 0 Å². The molecule has 2 saturated carbocycles. The monoisotopic (exact) mass is 649 g/mol. The van der Waals surface area contributed by atoms with Gasteiger partial charge in [-0.3, -0.25) is 0 Å². The minimum atomic E-state index is -0.933. The zero-order valence-corrected chi connectivity index (χ0v) is 26.5. The van der Waals surface area contributed by atoms with E-state index in [0.29, 0.717) is 35.7 Å². The van der Waals surface area contributed by atoms with Gasteiger partial charge in [0, 0.05) is 18.3 Å². The van der Waals surface area contributed by atoms with Crippen LogP contribution in [-0.4, -0.2) is 59.5 Å². The molecule has 9 nitrogen and oxygen atoms in total. The van der Waals surface area contributed by atoms with E-state index in [9.17, 15) is 28.3 Å². The average molecular weight is 650 g/mol. The van der Waals surface area contributed by atoms with Crippen molar-refractivity contribution in [3.8, 4) is 0 Å². The van der Waals surface area contributed by atoms with Crippen molar-refractivity contribution >= 4 is 29.5 Å². The molecule has 2 aliphatic rings. The van der Waals surface area contributed by atoms with Gasteiger partial charge in [0.25, 0.3) is 0 Å². The highest BCUT2D eigenvalue weighted by Crippen LogP contribution is 2.27. The van der Waals surface area contributed by atoms with Crippen LogP contribution in [0.5, 0.6) is 0 Å². The number of carboxylic acids is 1. The summed E-state index contributed by atoms with van der Waals surface area (Å²) in [6.07, 6.45) is 9.17. The van der Waals surface area contributed by atoms with Crippen LogP contribution in [0.1, 0.15) is 72.9 Å². The molecule has 2 amide bonds. The number of hydrogen-bond acceptors (Lipinski definition) is 6. The Balaban J connectivity index is 0.000000427. The van der Waals surface area contributed by atoms with Crippen molar-refractivity contribution in [1.29, 1.82) is 0 Å². The fourth-order valence-electron chi connectivity index (χ4n) is 6.05. The second-order valence-electron chi connectivity index (χ2n) is 11.8. The lowest BCUT2D eigenvalue weighted by molar-refractivity contribution is -0.0531. The number of halogens is 2. The Bertz CT molecular complexity index is 1510. The molecular weight excluding hydrogens is 608 g/mol. The van der Waals surface area contributed by atoms with Crippen molar-refractivity contribution in [1.82, 2.24) is 4.90 Å². The predicted molar refractivity (Wildman–Crippen MR) is 173 cm³/mol. The number of amides is 2. The number of nitrogens with zero attached hydrogens (tertiary/aromatic N) is 2. The standard InChI is InChI=1S/C29H37FN2O5.C7H4FNO/c1-20-6-4-7-21(27(20)28(33)34)19-37-26-11-5-10-25(18-26)36-17-16-32(24-8-2-3-9-24)29(35)31-23-14-12-22(30)13-15-23;8-6-1-3-7(4-2-6)9-5-10/h4,6-7,12-15,24-26H,2-3,5,8-11,16-19H2,1H3,(H,31,35)(H,33,34);1-4H. The molecule has 0 heterocycles. The maximum absolute atomic E-state index is 13.2. The van der Waals surface area contributed by atoms with Gasteiger partial charge in [-0.2, -0.15) is 4.99 Å². The lowest BCUT2D eigenvalue weighted by Crippen LogP contribution is -2.44. The highest BCUT2D eigenvalue weighted by atomic mass is 19.1. The van der Waals surface area contributed by atoms with Gasteiger partial charge in [0.05, 0.1) is 36.7 Å². The number of aliphatic imine (C=N–C) groups is 1. The quantitative estimate of drug-likeness (QED) is 0.161. The number of ether oxygens (including phenoxy) is 2. The molecule has 2 unspecified atom stereocenters. The molecule has 3 aromatic rings. The molecule has 0 spiro atoms. The fraction of sp³-hybridized carbons (Fsp3) is 0.417. The van der Waals surface area contributed by atoms with Crippen LogP contribution >= 0.6 is 0 Å². The molecule has 0 bridgehead atoms. The van der Waals surface area contributed by atoms with Crippen molar-refractivity contribution in [2.75, 3.05) is 18.5 Å². The van der Waals surface area contributed by atoms with Crippen LogP contribution in [0.4, 0.5) is 25.0 Å². The van der Waals surface area contributed by atoms with Crippen molar-refractivity contribution < 1.29 is 37.7 Å². The molecule has 2 fully saturated rings. The minimum absolute atomic E-state index is 0.00798. The first-order valence-electron chi connectivity index (χ1n) is 15.9. The highest BCUT2D eigenvalue weighted by molar-refractivity contribution is 5.91. The van der Waals surface area contributed by atoms with Crippen LogP contribution in [0, 0.1) is 18.6 Å². The van der Waals surface area contributed by atoms with Gasteiger partial charge in [-0.25, -0.2) is 23.2 Å². The molecule has 3 aromatic carbocycles. The molecule has 5 rings (SSSR count). The minimum Gasteiger partial charge on any atom is -0.478 e. The second-order valence-corrected chi connectivity index (χ2v) is 11.8. The largest absolute Gasteiger partial charge is 0.478 e. The first-order chi connectivity index (χ1) is 22.7. The Morgan fingerprint density at radius 1 is 0.915 bits per heavy atom. The zero-order valence-electron chi connectivity index (χ0n) is 26.5. The van der Waals surface area contributed by atoms with Crippen LogP contribution in [0.3, 0.4) is 0 Å². The lowest BCUT2D eigenvalue weighted by atomic mass is 9.94. The number of aromatic carboxylic acids is 1. The van der Waals surface area contributed by atoms with Gasteiger partial charge in [-0.05, 0) is 105 Å². The predicted octanol–water partition coefficient (Wildman–Crippen LogP) is 7.95. The molecule has 0 radical (unpaired) electrons. The van der Waals surface area contributed by atoms with E-state index in [1.807, 2.05) is 17.0 Å². The zero-order chi connectivity index (χ0) is 33.6. The normalized spacial score (nSPS) is 17.6. The van der Waals surface area contributed by atoms with Gasteiger partial charge in [0.15, 0.2) is 0 Å². The highest BCUT2D eigenvalue weighted by Gasteiger charge is 2.28. The Kier molecular flexibility index (Phi) is 13.6. The number of isocyanates is 1. The number of carboxylic acid groups (broad SMARTS) is 1. The molecule has 0 aliphatic heterocycles. The lowest BCUT2D eigenvalue weighted by Gasteiger charge is -2.32. The molecule has 0 saturated heterocycles. The fourth-order valence-corrected chi connectivity index (χ4v) is 6.05. The third kappa shape index (κ3) is 11.1. The van der Waals surface area contributed by atoms with Crippen molar-refractivity contribution in [2.24, 2.45) is 4.99 Å². The van der Waals surface area contributed by atoms with E-state index in [4.69, 9.17) is 9.47 Å². The summed E-state index contributed by atoms with van der Waals surface area (Å²) in [6, 6.07) is 16.5. The summed E-state index contributed by atoms with van der Waals surface area (Å²) in [5.41, 5.74) is 2.72. The number of aryl methyl sites for hydroxylation is 1. The number of carbonyl (C=O) groups is 2. The van der Waals surface area contributed by atoms with Crippen molar-refractivity contribution in [3.63, 3.8) is 0 Å². The summed E-state index contributed by atoms with van der Waals surface area (Å²) in [6.45, 7) is 2.99. The summed E-state index contributed by atoms with van der Waals surface area (Å²) in [7, 11) is 0. The molecule has 2 N–H and O–H groups in total. The van der Waals surface area contributed by atoms with E-state index >= 15 is 0 Å². The Hall–Kier alpha value is -4.44. The average Bonchev–Trinajstić information content (AvgIpc) is 3.59.